The van der Waals surface area contributed by atoms with Crippen molar-refractivity contribution in [2.75, 3.05) is 24.5 Å². The summed E-state index contributed by atoms with van der Waals surface area (Å²) in [4.78, 5) is 29.1. The number of amides is 2. The Labute approximate surface area is 163 Å². The second-order valence-electron chi connectivity index (χ2n) is 7.86. The van der Waals surface area contributed by atoms with E-state index in [1.165, 1.54) is 19.3 Å². The van der Waals surface area contributed by atoms with Gasteiger partial charge in [0.05, 0.1) is 5.56 Å². The molecular formula is C22H33N3O2. The second kappa shape index (κ2) is 9.25. The summed E-state index contributed by atoms with van der Waals surface area (Å²) in [6.45, 7) is 6.16. The molecule has 0 spiro atoms. The maximum Gasteiger partial charge on any atom is 0.256 e. The molecule has 1 N–H and O–H groups in total. The van der Waals surface area contributed by atoms with Crippen LogP contribution in [0.4, 0.5) is 5.69 Å². The Morgan fingerprint density at radius 1 is 1.07 bits per heavy atom. The minimum absolute atomic E-state index is 0.0371. The number of carbonyl (C=O) groups is 2. The molecule has 148 valence electrons. The van der Waals surface area contributed by atoms with Gasteiger partial charge in [0.2, 0.25) is 5.91 Å². The maximum absolute atomic E-state index is 13.4. The van der Waals surface area contributed by atoms with Gasteiger partial charge in [-0.05, 0) is 44.7 Å². The average molecular weight is 372 g/mol. The molecule has 27 heavy (non-hydrogen) atoms. The highest BCUT2D eigenvalue weighted by Gasteiger charge is 2.28. The molecule has 2 amide bonds. The third-order valence-electron chi connectivity index (χ3n) is 5.99. The van der Waals surface area contributed by atoms with Crippen LogP contribution < -0.4 is 10.2 Å². The summed E-state index contributed by atoms with van der Waals surface area (Å²) in [7, 11) is 0. The lowest BCUT2D eigenvalue weighted by Gasteiger charge is -2.37. The van der Waals surface area contributed by atoms with Crippen molar-refractivity contribution in [1.29, 1.82) is 0 Å². The van der Waals surface area contributed by atoms with Gasteiger partial charge in [-0.3, -0.25) is 9.59 Å². The van der Waals surface area contributed by atoms with E-state index < -0.39 is 0 Å². The molecule has 1 saturated heterocycles. The first-order valence-electron chi connectivity index (χ1n) is 10.5. The van der Waals surface area contributed by atoms with Crippen LogP contribution in [0.15, 0.2) is 24.3 Å². The molecule has 1 aromatic carbocycles. The first kappa shape index (κ1) is 19.7. The molecule has 0 aromatic heterocycles. The zero-order valence-electron chi connectivity index (χ0n) is 16.7. The van der Waals surface area contributed by atoms with Crippen LogP contribution in [-0.4, -0.2) is 48.4 Å². The third kappa shape index (κ3) is 4.82. The predicted molar refractivity (Wildman–Crippen MR) is 109 cm³/mol. The van der Waals surface area contributed by atoms with Gasteiger partial charge in [0.1, 0.15) is 0 Å². The monoisotopic (exact) mass is 371 g/mol. The van der Waals surface area contributed by atoms with Crippen LogP contribution in [0.3, 0.4) is 0 Å². The Morgan fingerprint density at radius 3 is 2.37 bits per heavy atom. The van der Waals surface area contributed by atoms with Crippen molar-refractivity contribution >= 4 is 17.5 Å². The number of nitrogens with one attached hydrogen (secondary N) is 1. The lowest BCUT2D eigenvalue weighted by atomic mass is 9.93. The molecule has 5 nitrogen and oxygen atoms in total. The van der Waals surface area contributed by atoms with Crippen LogP contribution in [0.25, 0.3) is 0 Å². The average Bonchev–Trinajstić information content (AvgIpc) is 2.69. The van der Waals surface area contributed by atoms with E-state index >= 15 is 0 Å². The van der Waals surface area contributed by atoms with E-state index in [0.29, 0.717) is 6.04 Å². The van der Waals surface area contributed by atoms with Gasteiger partial charge in [-0.2, -0.15) is 0 Å². The van der Waals surface area contributed by atoms with Crippen LogP contribution in [-0.2, 0) is 4.79 Å². The number of para-hydroxylation sites is 1. The molecule has 1 saturated carbocycles. The first-order chi connectivity index (χ1) is 13.1. The van der Waals surface area contributed by atoms with Crippen LogP contribution in [0.1, 0.15) is 69.2 Å². The Morgan fingerprint density at radius 2 is 1.74 bits per heavy atom. The van der Waals surface area contributed by atoms with Crippen molar-refractivity contribution in [2.24, 2.45) is 0 Å². The highest BCUT2D eigenvalue weighted by atomic mass is 16.2. The molecular weight excluding hydrogens is 338 g/mol. The van der Waals surface area contributed by atoms with Crippen molar-refractivity contribution in [3.8, 4) is 0 Å². The second-order valence-corrected chi connectivity index (χ2v) is 7.86. The molecule has 1 heterocycles. The Balaban J connectivity index is 1.73. The Bertz CT molecular complexity index is 647. The van der Waals surface area contributed by atoms with E-state index in [-0.39, 0.29) is 17.9 Å². The van der Waals surface area contributed by atoms with Crippen molar-refractivity contribution < 1.29 is 9.59 Å². The fraction of sp³-hybridized carbons (Fsp3) is 0.636. The van der Waals surface area contributed by atoms with Gasteiger partial charge in [-0.1, -0.05) is 31.4 Å². The van der Waals surface area contributed by atoms with Gasteiger partial charge in [0, 0.05) is 44.3 Å². The van der Waals surface area contributed by atoms with Crippen molar-refractivity contribution in [2.45, 2.75) is 70.9 Å². The van der Waals surface area contributed by atoms with Crippen LogP contribution in [0, 0.1) is 0 Å². The summed E-state index contributed by atoms with van der Waals surface area (Å²) >= 11 is 0. The van der Waals surface area contributed by atoms with Crippen molar-refractivity contribution in [3.63, 3.8) is 0 Å². The molecule has 2 aliphatic rings. The number of rotatable bonds is 5. The lowest BCUT2D eigenvalue weighted by molar-refractivity contribution is -0.119. The number of nitrogens with zero attached hydrogens (tertiary/aromatic N) is 2. The molecule has 0 atom stereocenters. The predicted octanol–water partition coefficient (Wildman–Crippen LogP) is 3.59. The number of carbonyl (C=O) groups excluding carboxylic acids is 2. The zero-order chi connectivity index (χ0) is 19.2. The molecule has 3 rings (SSSR count). The van der Waals surface area contributed by atoms with Crippen LogP contribution in [0.2, 0.25) is 0 Å². The largest absolute Gasteiger partial charge is 0.371 e. The number of anilines is 1. The summed E-state index contributed by atoms with van der Waals surface area (Å²) in [5.74, 6) is 0.207. The molecule has 1 aliphatic carbocycles. The Hall–Kier alpha value is -2.04. The van der Waals surface area contributed by atoms with Crippen molar-refractivity contribution in [1.82, 2.24) is 10.2 Å². The van der Waals surface area contributed by atoms with E-state index in [4.69, 9.17) is 0 Å². The molecule has 2 fully saturated rings. The van der Waals surface area contributed by atoms with E-state index in [9.17, 15) is 9.59 Å². The SMILES string of the molecule is CCN(C(=O)c1ccccc1N1CCC(NC(C)=O)CC1)C1CCCCC1. The first-order valence-corrected chi connectivity index (χ1v) is 10.5. The molecule has 0 unspecified atom stereocenters. The summed E-state index contributed by atoms with van der Waals surface area (Å²) in [6.07, 6.45) is 7.85. The normalized spacial score (nSPS) is 19.0. The van der Waals surface area contributed by atoms with Gasteiger partial charge in [-0.15, -0.1) is 0 Å². The minimum atomic E-state index is 0.0371. The van der Waals surface area contributed by atoms with Gasteiger partial charge < -0.3 is 15.1 Å². The maximum atomic E-state index is 13.4. The third-order valence-corrected chi connectivity index (χ3v) is 5.99. The van der Waals surface area contributed by atoms with E-state index in [2.05, 4.69) is 28.1 Å². The number of piperidine rings is 1. The van der Waals surface area contributed by atoms with E-state index in [0.717, 1.165) is 56.6 Å². The smallest absolute Gasteiger partial charge is 0.256 e. The molecule has 5 heteroatoms. The van der Waals surface area contributed by atoms with Crippen LogP contribution in [0.5, 0.6) is 0 Å². The lowest BCUT2D eigenvalue weighted by Crippen LogP contribution is -2.45. The Kier molecular flexibility index (Phi) is 6.75. The van der Waals surface area contributed by atoms with Crippen LogP contribution >= 0.6 is 0 Å². The summed E-state index contributed by atoms with van der Waals surface area (Å²) in [5.41, 5.74) is 1.86. The van der Waals surface area contributed by atoms with Crippen molar-refractivity contribution in [3.05, 3.63) is 29.8 Å². The summed E-state index contributed by atoms with van der Waals surface area (Å²) in [5, 5.41) is 3.02. The number of hydrogen-bond acceptors (Lipinski definition) is 3. The summed E-state index contributed by atoms with van der Waals surface area (Å²) in [6, 6.07) is 8.66. The van der Waals surface area contributed by atoms with E-state index in [1.807, 2.05) is 18.2 Å². The minimum Gasteiger partial charge on any atom is -0.371 e. The molecule has 0 radical (unpaired) electrons. The van der Waals surface area contributed by atoms with Gasteiger partial charge in [-0.25, -0.2) is 0 Å². The standard InChI is InChI=1S/C22H33N3O2/c1-3-25(19-9-5-4-6-10-19)22(27)20-11-7-8-12-21(20)24-15-13-18(14-16-24)23-17(2)26/h7-8,11-12,18-19H,3-6,9-10,13-16H2,1-2H3,(H,23,26). The molecule has 1 aliphatic heterocycles. The topological polar surface area (TPSA) is 52.7 Å². The summed E-state index contributed by atoms with van der Waals surface area (Å²) < 4.78 is 0. The molecule has 1 aromatic rings. The van der Waals surface area contributed by atoms with E-state index in [1.54, 1.807) is 6.92 Å². The highest BCUT2D eigenvalue weighted by molar-refractivity contribution is 6.00. The van der Waals surface area contributed by atoms with Gasteiger partial charge in [0.25, 0.3) is 5.91 Å². The quantitative estimate of drug-likeness (QED) is 0.861. The number of benzene rings is 1. The number of hydrogen-bond donors (Lipinski definition) is 1. The fourth-order valence-corrected chi connectivity index (χ4v) is 4.60. The highest BCUT2D eigenvalue weighted by Crippen LogP contribution is 2.29. The van der Waals surface area contributed by atoms with Gasteiger partial charge in [0.15, 0.2) is 0 Å². The molecule has 0 bridgehead atoms. The fourth-order valence-electron chi connectivity index (χ4n) is 4.60. The van der Waals surface area contributed by atoms with Gasteiger partial charge >= 0.3 is 0 Å². The zero-order valence-corrected chi connectivity index (χ0v) is 16.7.